The molecule has 0 aliphatic heterocycles. The topological polar surface area (TPSA) is 157 Å². The molecule has 0 aromatic heterocycles. The number of oxime groups is 2. The van der Waals surface area contributed by atoms with Crippen LogP contribution in [0.3, 0.4) is 0 Å². The van der Waals surface area contributed by atoms with Gasteiger partial charge in [-0.15, -0.1) is 0 Å². The van der Waals surface area contributed by atoms with Crippen LogP contribution in [0, 0.1) is 0 Å². The van der Waals surface area contributed by atoms with E-state index in [0.29, 0.717) is 11.1 Å². The molecule has 0 saturated carbocycles. The van der Waals surface area contributed by atoms with E-state index in [0.717, 1.165) is 12.4 Å². The van der Waals surface area contributed by atoms with E-state index in [1.165, 1.54) is 36.4 Å². The molecular formula is C14H14CuN2O6+2. The second-order valence-corrected chi connectivity index (χ2v) is 3.93. The van der Waals surface area contributed by atoms with Crippen LogP contribution in [0.25, 0.3) is 0 Å². The maximum atomic E-state index is 10.8. The third-order valence-electron chi connectivity index (χ3n) is 2.51. The summed E-state index contributed by atoms with van der Waals surface area (Å²) in [6.45, 7) is 0. The van der Waals surface area contributed by atoms with Crippen LogP contribution in [-0.4, -0.2) is 33.1 Å². The van der Waals surface area contributed by atoms with E-state index in [4.69, 9.17) is 20.6 Å². The van der Waals surface area contributed by atoms with E-state index in [1.54, 1.807) is 0 Å². The first-order chi connectivity index (χ1) is 10.5. The van der Waals surface area contributed by atoms with Gasteiger partial charge in [0.2, 0.25) is 0 Å². The molecule has 0 saturated heterocycles. The first-order valence-corrected chi connectivity index (χ1v) is 5.89. The van der Waals surface area contributed by atoms with Crippen molar-refractivity contribution in [3.63, 3.8) is 0 Å². The van der Waals surface area contributed by atoms with Crippen LogP contribution < -0.4 is 10.2 Å². The van der Waals surface area contributed by atoms with Gasteiger partial charge in [-0.25, -0.2) is 0 Å². The van der Waals surface area contributed by atoms with Crippen LogP contribution in [0.15, 0.2) is 46.7 Å². The minimum atomic E-state index is -0.373. The van der Waals surface area contributed by atoms with Crippen molar-refractivity contribution >= 4 is 12.4 Å². The molecule has 2 rings (SSSR count). The van der Waals surface area contributed by atoms with Gasteiger partial charge in [-0.05, 0) is 23.6 Å². The molecule has 8 nitrogen and oxygen atoms in total. The Labute approximate surface area is 141 Å². The molecular weight excluding hydrogens is 356 g/mol. The summed E-state index contributed by atoms with van der Waals surface area (Å²) in [5.74, 6) is -1.04. The zero-order valence-corrected chi connectivity index (χ0v) is 12.5. The maximum Gasteiger partial charge on any atom is 2.00 e. The average Bonchev–Trinajstić information content (AvgIpc) is 2.50. The van der Waals surface area contributed by atoms with E-state index >= 15 is 0 Å². The van der Waals surface area contributed by atoms with Crippen molar-refractivity contribution in [3.05, 3.63) is 47.5 Å². The number of nitrogens with zero attached hydrogens (tertiary/aromatic N) is 2. The zero-order chi connectivity index (χ0) is 16.5. The third-order valence-corrected chi connectivity index (χ3v) is 2.51. The van der Waals surface area contributed by atoms with E-state index in [2.05, 4.69) is 10.3 Å². The van der Waals surface area contributed by atoms with E-state index in [9.17, 15) is 10.2 Å². The Kier molecular flexibility index (Phi) is 8.68. The van der Waals surface area contributed by atoms with Gasteiger partial charge in [0.1, 0.15) is 0 Å². The summed E-state index contributed by atoms with van der Waals surface area (Å²) in [5, 5.41) is 57.6. The molecule has 0 fully saturated rings. The third kappa shape index (κ3) is 5.77. The second kappa shape index (κ2) is 9.93. The summed E-state index contributed by atoms with van der Waals surface area (Å²) in [6, 6.07) is 8.66. The van der Waals surface area contributed by atoms with Crippen LogP contribution in [0.4, 0.5) is 0 Å². The molecule has 6 N–H and O–H groups in total. The van der Waals surface area contributed by atoms with Gasteiger partial charge in [0.05, 0.1) is 23.6 Å². The second-order valence-electron chi connectivity index (χ2n) is 3.93. The number of benzene rings is 2. The van der Waals surface area contributed by atoms with Crippen molar-refractivity contribution < 1.29 is 47.9 Å². The van der Waals surface area contributed by atoms with Gasteiger partial charge in [-0.1, -0.05) is 34.6 Å². The monoisotopic (exact) mass is 369 g/mol. The average molecular weight is 370 g/mol. The first kappa shape index (κ1) is 20.1. The molecule has 2 aromatic carbocycles. The van der Waals surface area contributed by atoms with Gasteiger partial charge >= 0.3 is 17.1 Å². The Hall–Kier alpha value is -2.90. The molecule has 0 spiro atoms. The van der Waals surface area contributed by atoms with Gasteiger partial charge in [0, 0.05) is 0 Å². The molecule has 0 amide bonds. The van der Waals surface area contributed by atoms with Crippen molar-refractivity contribution in [1.29, 1.82) is 0 Å². The van der Waals surface area contributed by atoms with Gasteiger partial charge in [0.15, 0.2) is 0 Å². The van der Waals surface area contributed by atoms with Crippen LogP contribution in [0.2, 0.25) is 0 Å². The fourth-order valence-electron chi connectivity index (χ4n) is 1.44. The van der Waals surface area contributed by atoms with Gasteiger partial charge in [-0.2, -0.15) is 0 Å². The number of rotatable bonds is 2. The molecule has 1 radical (unpaired) electrons. The maximum absolute atomic E-state index is 10.8. The zero-order valence-electron chi connectivity index (χ0n) is 11.5. The Morgan fingerprint density at radius 3 is 1.43 bits per heavy atom. The van der Waals surface area contributed by atoms with Gasteiger partial charge < -0.3 is 30.8 Å². The predicted octanol–water partition coefficient (Wildman–Crippen LogP) is 0.00990. The minimum absolute atomic E-state index is 0. The first-order valence-electron chi connectivity index (χ1n) is 5.89. The SMILES string of the molecule is [Cu+2].[O-]c1cccc(C=NO)c1[OH2+].[O-]c1cccc(C=NO)c1[OH2+]. The van der Waals surface area contributed by atoms with Crippen molar-refractivity contribution in [2.45, 2.75) is 0 Å². The van der Waals surface area contributed by atoms with Crippen molar-refractivity contribution in [2.24, 2.45) is 10.3 Å². The Morgan fingerprint density at radius 1 is 0.783 bits per heavy atom. The number of hydrogen-bond donors (Lipinski definition) is 2. The summed E-state index contributed by atoms with van der Waals surface area (Å²) < 4.78 is 0. The Morgan fingerprint density at radius 2 is 1.13 bits per heavy atom. The molecule has 2 aromatic rings. The number of hydrogen-bond acceptors (Lipinski definition) is 6. The Bertz CT molecular complexity index is 631. The normalized spacial score (nSPS) is 10.1. The van der Waals surface area contributed by atoms with Crippen LogP contribution in [0.1, 0.15) is 11.1 Å². The van der Waals surface area contributed by atoms with Gasteiger partial charge in [0.25, 0.3) is 11.5 Å². The van der Waals surface area contributed by atoms with Crippen molar-refractivity contribution in [3.8, 4) is 23.0 Å². The van der Waals surface area contributed by atoms with E-state index in [-0.39, 0.29) is 40.1 Å². The van der Waals surface area contributed by atoms with Crippen LogP contribution >= 0.6 is 0 Å². The fourth-order valence-corrected chi connectivity index (χ4v) is 1.44. The summed E-state index contributed by atoms with van der Waals surface area (Å²) in [4.78, 5) is 0. The molecule has 0 bridgehead atoms. The number of para-hydroxylation sites is 2. The molecule has 0 atom stereocenters. The van der Waals surface area contributed by atoms with Crippen LogP contribution in [-0.2, 0) is 17.1 Å². The molecule has 0 unspecified atom stereocenters. The summed E-state index contributed by atoms with van der Waals surface area (Å²) in [7, 11) is 0. The minimum Gasteiger partial charge on any atom is -0.866 e. The van der Waals surface area contributed by atoms with Gasteiger partial charge in [-0.3, -0.25) is 0 Å². The molecule has 9 heteroatoms. The fraction of sp³-hybridized carbons (Fsp3) is 0. The van der Waals surface area contributed by atoms with E-state index < -0.39 is 0 Å². The molecule has 0 aliphatic rings. The standard InChI is InChI=1S/2C7H7NO3.Cu/c2*9-6-3-1-2-5(4-8-11)7(6)10;/h2*1-4,9-11H;/q;;+2. The molecule has 0 heterocycles. The summed E-state index contributed by atoms with van der Waals surface area (Å²) in [6.07, 6.45) is 2.12. The molecule has 0 aliphatic carbocycles. The smallest absolute Gasteiger partial charge is 0.866 e. The van der Waals surface area contributed by atoms with Crippen LogP contribution in [0.5, 0.6) is 23.0 Å². The molecule has 23 heavy (non-hydrogen) atoms. The predicted molar refractivity (Wildman–Crippen MR) is 76.7 cm³/mol. The Balaban J connectivity index is 0.000000403. The van der Waals surface area contributed by atoms with Crippen molar-refractivity contribution in [2.75, 3.05) is 0 Å². The largest absolute Gasteiger partial charge is 2.00 e. The summed E-state index contributed by atoms with van der Waals surface area (Å²) >= 11 is 0. The molecule has 125 valence electrons. The summed E-state index contributed by atoms with van der Waals surface area (Å²) in [5.41, 5.74) is 0.639. The quantitative estimate of drug-likeness (QED) is 0.251. The van der Waals surface area contributed by atoms with Crippen molar-refractivity contribution in [1.82, 2.24) is 0 Å². The van der Waals surface area contributed by atoms with E-state index in [1.807, 2.05) is 0 Å².